The molecular weight excluding hydrogens is 354 g/mol. The summed E-state index contributed by atoms with van der Waals surface area (Å²) in [6.45, 7) is 0. The van der Waals surface area contributed by atoms with E-state index in [9.17, 15) is 4.39 Å². The van der Waals surface area contributed by atoms with Gasteiger partial charge in [0.15, 0.2) is 0 Å². The fourth-order valence-corrected chi connectivity index (χ4v) is 2.77. The zero-order chi connectivity index (χ0) is 14.0. The van der Waals surface area contributed by atoms with Gasteiger partial charge < -0.3 is 4.74 Å². The normalized spacial score (nSPS) is 12.3. The maximum absolute atomic E-state index is 13.4. The van der Waals surface area contributed by atoms with Crippen LogP contribution in [0.25, 0.3) is 0 Å². The third kappa shape index (κ3) is 3.41. The van der Waals surface area contributed by atoms with Crippen LogP contribution in [0.15, 0.2) is 40.9 Å². The molecule has 0 saturated carbocycles. The summed E-state index contributed by atoms with van der Waals surface area (Å²) in [6, 6.07) is 9.83. The average Bonchev–Trinajstić information content (AvgIpc) is 2.36. The summed E-state index contributed by atoms with van der Waals surface area (Å²) < 4.78 is 19.1. The van der Waals surface area contributed by atoms with Crippen molar-refractivity contribution in [1.82, 2.24) is 0 Å². The van der Waals surface area contributed by atoms with Gasteiger partial charge in [-0.15, -0.1) is 11.6 Å². The van der Waals surface area contributed by atoms with Crippen molar-refractivity contribution in [2.45, 2.75) is 5.38 Å². The highest BCUT2D eigenvalue weighted by molar-refractivity contribution is 9.10. The fraction of sp³-hybridized carbons (Fsp3) is 0.143. The van der Waals surface area contributed by atoms with E-state index < -0.39 is 5.38 Å². The number of alkyl halides is 1. The van der Waals surface area contributed by atoms with Gasteiger partial charge in [-0.3, -0.25) is 0 Å². The summed E-state index contributed by atoms with van der Waals surface area (Å²) in [4.78, 5) is 0. The van der Waals surface area contributed by atoms with Gasteiger partial charge in [-0.25, -0.2) is 4.39 Å². The Labute approximate surface area is 129 Å². The molecule has 2 aromatic carbocycles. The molecule has 0 aromatic heterocycles. The van der Waals surface area contributed by atoms with E-state index in [0.29, 0.717) is 20.8 Å². The molecule has 1 atom stereocenters. The molecule has 0 aliphatic heterocycles. The topological polar surface area (TPSA) is 9.23 Å². The zero-order valence-electron chi connectivity index (χ0n) is 9.96. The molecule has 0 spiro atoms. The van der Waals surface area contributed by atoms with Crippen molar-refractivity contribution in [3.05, 3.63) is 62.8 Å². The van der Waals surface area contributed by atoms with Gasteiger partial charge in [0, 0.05) is 4.47 Å². The largest absolute Gasteiger partial charge is 0.495 e. The highest BCUT2D eigenvalue weighted by Gasteiger charge is 2.14. The second-order valence-electron chi connectivity index (χ2n) is 3.96. The number of benzene rings is 2. The summed E-state index contributed by atoms with van der Waals surface area (Å²) in [5.41, 5.74) is 1.44. The highest BCUT2D eigenvalue weighted by Crippen LogP contribution is 2.35. The number of hydrogen-bond donors (Lipinski definition) is 0. The molecule has 0 saturated heterocycles. The minimum Gasteiger partial charge on any atom is -0.495 e. The first-order valence-corrected chi connectivity index (χ1v) is 7.05. The quantitative estimate of drug-likeness (QED) is 0.647. The molecule has 0 aliphatic rings. The predicted molar refractivity (Wildman–Crippen MR) is 79.8 cm³/mol. The monoisotopic (exact) mass is 362 g/mol. The van der Waals surface area contributed by atoms with E-state index >= 15 is 0 Å². The summed E-state index contributed by atoms with van der Waals surface area (Å²) in [7, 11) is 1.54. The van der Waals surface area contributed by atoms with Crippen LogP contribution in [-0.4, -0.2) is 7.11 Å². The minimum absolute atomic E-state index is 0.338. The third-order valence-electron chi connectivity index (χ3n) is 2.65. The van der Waals surface area contributed by atoms with E-state index in [2.05, 4.69) is 15.9 Å². The summed E-state index contributed by atoms with van der Waals surface area (Å²) in [5, 5.41) is -0.00322. The van der Waals surface area contributed by atoms with Crippen LogP contribution in [0.2, 0.25) is 5.02 Å². The Morgan fingerprint density at radius 1 is 1.16 bits per heavy atom. The van der Waals surface area contributed by atoms with Crippen molar-refractivity contribution < 1.29 is 9.13 Å². The molecule has 5 heteroatoms. The van der Waals surface area contributed by atoms with Crippen molar-refractivity contribution >= 4 is 39.1 Å². The molecule has 0 amide bonds. The molecule has 0 aliphatic carbocycles. The van der Waals surface area contributed by atoms with Gasteiger partial charge in [-0.1, -0.05) is 33.6 Å². The van der Waals surface area contributed by atoms with Crippen LogP contribution in [0.5, 0.6) is 5.75 Å². The molecule has 1 unspecified atom stereocenters. The third-order valence-corrected chi connectivity index (χ3v) is 3.90. The molecule has 0 bridgehead atoms. The summed E-state index contributed by atoms with van der Waals surface area (Å²) >= 11 is 15.7. The van der Waals surface area contributed by atoms with Gasteiger partial charge in [-0.2, -0.15) is 0 Å². The van der Waals surface area contributed by atoms with Crippen molar-refractivity contribution in [1.29, 1.82) is 0 Å². The van der Waals surface area contributed by atoms with Crippen LogP contribution in [0, 0.1) is 5.82 Å². The Hall–Kier alpha value is -0.770. The van der Waals surface area contributed by atoms with E-state index in [1.54, 1.807) is 31.4 Å². The molecular formula is C14H10BrCl2FO. The van der Waals surface area contributed by atoms with Crippen molar-refractivity contribution in [2.75, 3.05) is 7.11 Å². The second kappa shape index (κ2) is 6.12. The zero-order valence-corrected chi connectivity index (χ0v) is 13.1. The first kappa shape index (κ1) is 14.6. The maximum atomic E-state index is 13.4. The van der Waals surface area contributed by atoms with E-state index in [4.69, 9.17) is 27.9 Å². The van der Waals surface area contributed by atoms with Gasteiger partial charge in [0.25, 0.3) is 0 Å². The van der Waals surface area contributed by atoms with Gasteiger partial charge >= 0.3 is 0 Å². The second-order valence-corrected chi connectivity index (χ2v) is 5.72. The van der Waals surface area contributed by atoms with Gasteiger partial charge in [0.1, 0.15) is 11.6 Å². The predicted octanol–water partition coefficient (Wildman–Crippen LogP) is 5.58. The molecule has 0 N–H and O–H groups in total. The van der Waals surface area contributed by atoms with Crippen LogP contribution in [-0.2, 0) is 0 Å². The molecule has 2 aromatic rings. The van der Waals surface area contributed by atoms with Crippen LogP contribution in [0.4, 0.5) is 4.39 Å². The number of hydrogen-bond acceptors (Lipinski definition) is 1. The number of halogens is 4. The highest BCUT2D eigenvalue weighted by atomic mass is 79.9. The van der Waals surface area contributed by atoms with E-state index in [1.165, 1.54) is 12.1 Å². The van der Waals surface area contributed by atoms with Crippen molar-refractivity contribution in [3.8, 4) is 5.75 Å². The molecule has 0 heterocycles. The SMILES string of the molecule is COc1ccc(C(Cl)c2cc(F)cc(Br)c2)cc1Cl. The van der Waals surface area contributed by atoms with Crippen LogP contribution < -0.4 is 4.74 Å². The number of rotatable bonds is 3. The van der Waals surface area contributed by atoms with Crippen molar-refractivity contribution in [3.63, 3.8) is 0 Å². The first-order valence-electron chi connectivity index (χ1n) is 5.44. The molecule has 1 nitrogen and oxygen atoms in total. The van der Waals surface area contributed by atoms with E-state index in [1.807, 2.05) is 0 Å². The Morgan fingerprint density at radius 3 is 2.47 bits per heavy atom. The van der Waals surface area contributed by atoms with E-state index in [0.717, 1.165) is 5.56 Å². The smallest absolute Gasteiger partial charge is 0.137 e. The average molecular weight is 364 g/mol. The van der Waals surface area contributed by atoms with E-state index in [-0.39, 0.29) is 5.82 Å². The van der Waals surface area contributed by atoms with Crippen LogP contribution in [0.3, 0.4) is 0 Å². The van der Waals surface area contributed by atoms with Crippen LogP contribution in [0.1, 0.15) is 16.5 Å². The lowest BCUT2D eigenvalue weighted by molar-refractivity contribution is 0.415. The lowest BCUT2D eigenvalue weighted by Crippen LogP contribution is -1.95. The Bertz CT molecular complexity index is 584. The molecule has 0 fully saturated rings. The number of methoxy groups -OCH3 is 1. The Morgan fingerprint density at radius 2 is 1.89 bits per heavy atom. The lowest BCUT2D eigenvalue weighted by Gasteiger charge is -2.13. The first-order chi connectivity index (χ1) is 9.01. The molecule has 0 radical (unpaired) electrons. The molecule has 100 valence electrons. The fourth-order valence-electron chi connectivity index (χ4n) is 1.75. The number of ether oxygens (including phenoxy) is 1. The Kier molecular flexibility index (Phi) is 4.71. The lowest BCUT2D eigenvalue weighted by atomic mass is 10.0. The standard InChI is InChI=1S/C14H10BrCl2FO/c1-19-13-3-2-8(6-12(13)16)14(17)9-4-10(15)7-11(18)5-9/h2-7,14H,1H3. The molecule has 19 heavy (non-hydrogen) atoms. The minimum atomic E-state index is -0.476. The van der Waals surface area contributed by atoms with Crippen molar-refractivity contribution in [2.24, 2.45) is 0 Å². The molecule has 2 rings (SSSR count). The van der Waals surface area contributed by atoms with Gasteiger partial charge in [0.2, 0.25) is 0 Å². The Balaban J connectivity index is 2.38. The summed E-state index contributed by atoms with van der Waals surface area (Å²) in [5.74, 6) is 0.240. The maximum Gasteiger partial charge on any atom is 0.137 e. The van der Waals surface area contributed by atoms with Gasteiger partial charge in [-0.05, 0) is 41.5 Å². The van der Waals surface area contributed by atoms with Crippen LogP contribution >= 0.6 is 39.1 Å². The van der Waals surface area contributed by atoms with Gasteiger partial charge in [0.05, 0.1) is 17.5 Å². The summed E-state index contributed by atoms with van der Waals surface area (Å²) in [6.07, 6.45) is 0.